The second-order valence-electron chi connectivity index (χ2n) is 2.33. The van der Waals surface area contributed by atoms with Gasteiger partial charge in [0.1, 0.15) is 0 Å². The summed E-state index contributed by atoms with van der Waals surface area (Å²) in [5.41, 5.74) is 0. The monoisotopic (exact) mass is 206 g/mol. The molecule has 0 radical (unpaired) electrons. The molecular weight excluding hydrogens is 192 g/mol. The second-order valence-corrected chi connectivity index (χ2v) is 3.55. The first-order valence-electron chi connectivity index (χ1n) is 3.92. The van der Waals surface area contributed by atoms with E-state index in [9.17, 15) is 9.59 Å². The Morgan fingerprint density at radius 1 is 1.23 bits per heavy atom. The molecule has 0 aliphatic carbocycles. The van der Waals surface area contributed by atoms with E-state index in [1.54, 1.807) is 11.8 Å². The lowest BCUT2D eigenvalue weighted by atomic mass is 10.6. The van der Waals surface area contributed by atoms with Crippen LogP contribution in [0.1, 0.15) is 6.92 Å². The molecule has 0 atom stereocenters. The third-order valence-electron chi connectivity index (χ3n) is 1.14. The number of carbonyl (C=O) groups excluding carboxylic acids is 1. The summed E-state index contributed by atoms with van der Waals surface area (Å²) >= 11 is 1.60. The summed E-state index contributed by atoms with van der Waals surface area (Å²) in [7, 11) is 0. The molecule has 0 bridgehead atoms. The van der Waals surface area contributed by atoms with Crippen LogP contribution in [0.4, 0.5) is 4.79 Å². The Morgan fingerprint density at radius 2 is 1.77 bits per heavy atom. The zero-order valence-corrected chi connectivity index (χ0v) is 8.32. The molecule has 0 unspecified atom stereocenters. The second kappa shape index (κ2) is 7.72. The van der Waals surface area contributed by atoms with Gasteiger partial charge in [0.2, 0.25) is 5.91 Å². The first kappa shape index (κ1) is 12.1. The van der Waals surface area contributed by atoms with Gasteiger partial charge in [0.05, 0.1) is 0 Å². The van der Waals surface area contributed by atoms with Crippen molar-refractivity contribution in [2.24, 2.45) is 0 Å². The van der Waals surface area contributed by atoms with Crippen LogP contribution in [-0.4, -0.2) is 41.7 Å². The first-order chi connectivity index (χ1) is 6.13. The normalized spacial score (nSPS) is 9.31. The molecule has 0 aromatic carbocycles. The molecule has 0 aromatic rings. The van der Waals surface area contributed by atoms with E-state index in [1.165, 1.54) is 6.92 Å². The van der Waals surface area contributed by atoms with E-state index in [0.29, 0.717) is 13.1 Å². The van der Waals surface area contributed by atoms with Gasteiger partial charge in [-0.2, -0.15) is 11.8 Å². The molecule has 3 N–H and O–H groups in total. The summed E-state index contributed by atoms with van der Waals surface area (Å²) in [6.45, 7) is 2.55. The fraction of sp³-hybridized carbons (Fsp3) is 0.714. The van der Waals surface area contributed by atoms with Crippen LogP contribution in [0, 0.1) is 0 Å². The van der Waals surface area contributed by atoms with Crippen LogP contribution in [0.2, 0.25) is 0 Å². The molecule has 76 valence electrons. The first-order valence-corrected chi connectivity index (χ1v) is 5.07. The number of amides is 2. The maximum Gasteiger partial charge on any atom is 0.404 e. The highest BCUT2D eigenvalue weighted by Gasteiger charge is 1.94. The van der Waals surface area contributed by atoms with Crippen molar-refractivity contribution in [3.05, 3.63) is 0 Å². The SMILES string of the molecule is CC(=O)NCCSCCNC(=O)O. The van der Waals surface area contributed by atoms with Crippen molar-refractivity contribution in [3.8, 4) is 0 Å². The predicted octanol–water partition coefficient (Wildman–Crippen LogP) is 0.123. The molecule has 13 heavy (non-hydrogen) atoms. The van der Waals surface area contributed by atoms with Crippen molar-refractivity contribution in [1.29, 1.82) is 0 Å². The minimum Gasteiger partial charge on any atom is -0.465 e. The fourth-order valence-corrected chi connectivity index (χ4v) is 1.33. The molecule has 0 heterocycles. The molecule has 0 spiro atoms. The highest BCUT2D eigenvalue weighted by molar-refractivity contribution is 7.99. The zero-order valence-electron chi connectivity index (χ0n) is 7.50. The molecule has 0 aliphatic heterocycles. The molecule has 0 fully saturated rings. The van der Waals surface area contributed by atoms with Gasteiger partial charge in [-0.05, 0) is 0 Å². The van der Waals surface area contributed by atoms with E-state index in [-0.39, 0.29) is 5.91 Å². The highest BCUT2D eigenvalue weighted by Crippen LogP contribution is 1.95. The number of rotatable bonds is 6. The van der Waals surface area contributed by atoms with Gasteiger partial charge in [-0.15, -0.1) is 0 Å². The van der Waals surface area contributed by atoms with Crippen LogP contribution in [0.15, 0.2) is 0 Å². The van der Waals surface area contributed by atoms with Crippen molar-refractivity contribution in [2.75, 3.05) is 24.6 Å². The van der Waals surface area contributed by atoms with E-state index in [4.69, 9.17) is 5.11 Å². The van der Waals surface area contributed by atoms with Gasteiger partial charge in [-0.25, -0.2) is 4.79 Å². The zero-order chi connectivity index (χ0) is 10.1. The van der Waals surface area contributed by atoms with Gasteiger partial charge in [-0.1, -0.05) is 0 Å². The molecule has 5 nitrogen and oxygen atoms in total. The molecule has 0 aromatic heterocycles. The Bertz CT molecular complexity index is 157. The molecule has 0 saturated carbocycles. The summed E-state index contributed by atoms with van der Waals surface area (Å²) in [5.74, 6) is 1.50. The third kappa shape index (κ3) is 11.1. The van der Waals surface area contributed by atoms with Crippen LogP contribution in [-0.2, 0) is 4.79 Å². The average molecular weight is 206 g/mol. The van der Waals surface area contributed by atoms with Gasteiger partial charge in [0, 0.05) is 31.5 Å². The smallest absolute Gasteiger partial charge is 0.404 e. The molecular formula is C7H14N2O3S. The van der Waals surface area contributed by atoms with Crippen LogP contribution < -0.4 is 10.6 Å². The number of carbonyl (C=O) groups is 2. The lowest BCUT2D eigenvalue weighted by molar-refractivity contribution is -0.118. The molecule has 0 rings (SSSR count). The number of nitrogens with one attached hydrogen (secondary N) is 2. The van der Waals surface area contributed by atoms with Crippen LogP contribution in [0.25, 0.3) is 0 Å². The summed E-state index contributed by atoms with van der Waals surface area (Å²) < 4.78 is 0. The summed E-state index contributed by atoms with van der Waals surface area (Å²) in [6.07, 6.45) is -0.998. The van der Waals surface area contributed by atoms with Gasteiger partial charge in [-0.3, -0.25) is 4.79 Å². The highest BCUT2D eigenvalue weighted by atomic mass is 32.2. The number of hydrogen-bond donors (Lipinski definition) is 3. The number of hydrogen-bond acceptors (Lipinski definition) is 3. The number of thioether (sulfide) groups is 1. The molecule has 2 amide bonds. The van der Waals surface area contributed by atoms with Crippen molar-refractivity contribution >= 4 is 23.8 Å². The Labute approximate surface area is 81.3 Å². The van der Waals surface area contributed by atoms with Gasteiger partial charge in [0.25, 0.3) is 0 Å². The Balaban J connectivity index is 3.00. The van der Waals surface area contributed by atoms with Crippen molar-refractivity contribution in [1.82, 2.24) is 10.6 Å². The van der Waals surface area contributed by atoms with Crippen LogP contribution in [0.5, 0.6) is 0 Å². The van der Waals surface area contributed by atoms with Gasteiger partial charge in [0.15, 0.2) is 0 Å². The van der Waals surface area contributed by atoms with E-state index in [2.05, 4.69) is 10.6 Å². The standard InChI is InChI=1S/C7H14N2O3S/c1-6(10)8-2-4-13-5-3-9-7(11)12/h9H,2-5H2,1H3,(H,8,10)(H,11,12). The Morgan fingerprint density at radius 3 is 2.23 bits per heavy atom. The lowest BCUT2D eigenvalue weighted by Crippen LogP contribution is -2.25. The van der Waals surface area contributed by atoms with Gasteiger partial charge >= 0.3 is 6.09 Å². The van der Waals surface area contributed by atoms with E-state index in [1.807, 2.05) is 0 Å². The summed E-state index contributed by atoms with van der Waals surface area (Å²) in [4.78, 5) is 20.4. The average Bonchev–Trinajstić information content (AvgIpc) is 2.01. The lowest BCUT2D eigenvalue weighted by Gasteiger charge is -2.02. The third-order valence-corrected chi connectivity index (χ3v) is 2.13. The van der Waals surface area contributed by atoms with E-state index in [0.717, 1.165) is 11.5 Å². The van der Waals surface area contributed by atoms with Crippen molar-refractivity contribution < 1.29 is 14.7 Å². The topological polar surface area (TPSA) is 78.4 Å². The molecule has 6 heteroatoms. The minimum atomic E-state index is -0.998. The summed E-state index contributed by atoms with van der Waals surface area (Å²) in [6, 6.07) is 0. The largest absolute Gasteiger partial charge is 0.465 e. The fourth-order valence-electron chi connectivity index (χ4n) is 0.631. The van der Waals surface area contributed by atoms with E-state index < -0.39 is 6.09 Å². The Hall–Kier alpha value is -0.910. The van der Waals surface area contributed by atoms with Crippen LogP contribution in [0.3, 0.4) is 0 Å². The molecule has 0 saturated heterocycles. The van der Waals surface area contributed by atoms with Crippen molar-refractivity contribution in [3.63, 3.8) is 0 Å². The van der Waals surface area contributed by atoms with E-state index >= 15 is 0 Å². The quantitative estimate of drug-likeness (QED) is 0.539. The molecule has 0 aliphatic rings. The van der Waals surface area contributed by atoms with Crippen molar-refractivity contribution in [2.45, 2.75) is 6.92 Å². The number of carboxylic acid groups (broad SMARTS) is 1. The maximum absolute atomic E-state index is 10.4. The maximum atomic E-state index is 10.4. The van der Waals surface area contributed by atoms with Gasteiger partial charge < -0.3 is 15.7 Å². The summed E-state index contributed by atoms with van der Waals surface area (Å²) in [5, 5.41) is 13.1. The predicted molar refractivity (Wildman–Crippen MR) is 52.0 cm³/mol. The minimum absolute atomic E-state index is 0.0377. The Kier molecular flexibility index (Phi) is 7.18. The van der Waals surface area contributed by atoms with Crippen LogP contribution >= 0.6 is 11.8 Å².